The van der Waals surface area contributed by atoms with E-state index in [4.69, 9.17) is 23.2 Å². The summed E-state index contributed by atoms with van der Waals surface area (Å²) in [7, 11) is 0. The summed E-state index contributed by atoms with van der Waals surface area (Å²) in [6, 6.07) is 8.45. The van der Waals surface area contributed by atoms with E-state index in [9.17, 15) is 13.2 Å². The van der Waals surface area contributed by atoms with Crippen LogP contribution in [0.4, 0.5) is 13.2 Å². The van der Waals surface area contributed by atoms with E-state index in [0.717, 1.165) is 12.1 Å². The Bertz CT molecular complexity index is 619. The summed E-state index contributed by atoms with van der Waals surface area (Å²) in [4.78, 5) is 0. The molecule has 0 saturated heterocycles. The van der Waals surface area contributed by atoms with Crippen LogP contribution in [0.15, 0.2) is 36.4 Å². The van der Waals surface area contributed by atoms with Crippen LogP contribution in [0.2, 0.25) is 10.0 Å². The summed E-state index contributed by atoms with van der Waals surface area (Å²) >= 11 is 11.9. The summed E-state index contributed by atoms with van der Waals surface area (Å²) in [6.45, 7) is 1.61. The molecule has 5 heteroatoms. The molecule has 0 amide bonds. The Morgan fingerprint density at radius 2 is 1.58 bits per heavy atom. The zero-order chi connectivity index (χ0) is 14.2. The van der Waals surface area contributed by atoms with E-state index >= 15 is 0 Å². The molecule has 0 aromatic heterocycles. The molecule has 0 atom stereocenters. The van der Waals surface area contributed by atoms with Gasteiger partial charge in [-0.15, -0.1) is 0 Å². The molecule has 100 valence electrons. The fraction of sp³-hybridized carbons (Fsp3) is 0.143. The van der Waals surface area contributed by atoms with Gasteiger partial charge in [-0.05, 0) is 48.4 Å². The molecular weight excluding hydrogens is 296 g/mol. The smallest absolute Gasteiger partial charge is 0.166 e. The van der Waals surface area contributed by atoms with E-state index in [-0.39, 0.29) is 0 Å². The fourth-order valence-corrected chi connectivity index (χ4v) is 2.24. The third kappa shape index (κ3) is 3.04. The third-order valence-electron chi connectivity index (χ3n) is 2.77. The van der Waals surface area contributed by atoms with Crippen LogP contribution < -0.4 is 0 Å². The standard InChI is InChI=1S/C14H9Cl2F3/c1-8-6-9(14(17,18)19)2-4-11(8)12-7-10(15)3-5-13(12)16/h2-7H,1H3. The number of halogens is 5. The largest absolute Gasteiger partial charge is 0.416 e. The summed E-state index contributed by atoms with van der Waals surface area (Å²) in [5.74, 6) is 0. The number of hydrogen-bond donors (Lipinski definition) is 0. The molecule has 19 heavy (non-hydrogen) atoms. The molecule has 2 aromatic rings. The minimum atomic E-state index is -4.35. The Kier molecular flexibility index (Phi) is 3.79. The molecule has 2 rings (SSSR count). The van der Waals surface area contributed by atoms with Crippen molar-refractivity contribution < 1.29 is 13.2 Å². The molecule has 0 radical (unpaired) electrons. The fourth-order valence-electron chi connectivity index (χ4n) is 1.85. The summed E-state index contributed by atoms with van der Waals surface area (Å²) in [5, 5.41) is 0.936. The average Bonchev–Trinajstić information content (AvgIpc) is 2.31. The number of rotatable bonds is 1. The molecule has 0 saturated carbocycles. The lowest BCUT2D eigenvalue weighted by molar-refractivity contribution is -0.137. The molecule has 0 nitrogen and oxygen atoms in total. The minimum absolute atomic E-state index is 0.451. The number of hydrogen-bond acceptors (Lipinski definition) is 0. The molecule has 0 bridgehead atoms. The summed E-state index contributed by atoms with van der Waals surface area (Å²) in [6.07, 6.45) is -4.35. The van der Waals surface area contributed by atoms with E-state index in [1.165, 1.54) is 6.07 Å². The predicted octanol–water partition coefficient (Wildman–Crippen LogP) is 5.99. The minimum Gasteiger partial charge on any atom is -0.166 e. The molecule has 0 heterocycles. The van der Waals surface area contributed by atoms with Crippen molar-refractivity contribution in [3.05, 3.63) is 57.6 Å². The Labute approximate surface area is 118 Å². The van der Waals surface area contributed by atoms with Crippen LogP contribution in [0.1, 0.15) is 11.1 Å². The van der Waals surface area contributed by atoms with Crippen LogP contribution in [0.3, 0.4) is 0 Å². The quantitative estimate of drug-likeness (QED) is 0.607. The van der Waals surface area contributed by atoms with E-state index < -0.39 is 11.7 Å². The highest BCUT2D eigenvalue weighted by atomic mass is 35.5. The van der Waals surface area contributed by atoms with E-state index in [1.54, 1.807) is 25.1 Å². The lowest BCUT2D eigenvalue weighted by Crippen LogP contribution is -2.05. The Hall–Kier alpha value is -1.19. The SMILES string of the molecule is Cc1cc(C(F)(F)F)ccc1-c1cc(Cl)ccc1Cl. The van der Waals surface area contributed by atoms with Crippen LogP contribution in [-0.2, 0) is 6.18 Å². The monoisotopic (exact) mass is 304 g/mol. The molecule has 0 N–H and O–H groups in total. The van der Waals surface area contributed by atoms with Crippen LogP contribution >= 0.6 is 23.2 Å². The molecule has 0 unspecified atom stereocenters. The number of benzene rings is 2. The van der Waals surface area contributed by atoms with Gasteiger partial charge in [0.05, 0.1) is 5.56 Å². The first-order valence-electron chi connectivity index (χ1n) is 5.42. The van der Waals surface area contributed by atoms with Crippen molar-refractivity contribution in [2.45, 2.75) is 13.1 Å². The Morgan fingerprint density at radius 1 is 0.895 bits per heavy atom. The first-order chi connectivity index (χ1) is 8.79. The molecule has 0 spiro atoms. The molecule has 0 aliphatic carbocycles. The van der Waals surface area contributed by atoms with Crippen molar-refractivity contribution in [2.24, 2.45) is 0 Å². The second-order valence-corrected chi connectivity index (χ2v) is 5.00. The molecule has 0 fully saturated rings. The normalized spacial score (nSPS) is 11.7. The lowest BCUT2D eigenvalue weighted by atomic mass is 9.98. The van der Waals surface area contributed by atoms with Crippen LogP contribution in [0, 0.1) is 6.92 Å². The van der Waals surface area contributed by atoms with E-state index in [0.29, 0.717) is 26.7 Å². The van der Waals surface area contributed by atoms with E-state index in [1.807, 2.05) is 0 Å². The predicted molar refractivity (Wildman–Crippen MR) is 71.6 cm³/mol. The maximum absolute atomic E-state index is 12.6. The highest BCUT2D eigenvalue weighted by molar-refractivity contribution is 6.35. The first kappa shape index (κ1) is 14.2. The van der Waals surface area contributed by atoms with Crippen molar-refractivity contribution in [3.8, 4) is 11.1 Å². The second-order valence-electron chi connectivity index (χ2n) is 4.15. The van der Waals surface area contributed by atoms with Gasteiger partial charge in [-0.1, -0.05) is 29.3 Å². The third-order valence-corrected chi connectivity index (χ3v) is 3.34. The lowest BCUT2D eigenvalue weighted by Gasteiger charge is -2.12. The summed E-state index contributed by atoms with van der Waals surface area (Å²) < 4.78 is 37.8. The van der Waals surface area contributed by atoms with Gasteiger partial charge in [-0.2, -0.15) is 13.2 Å². The second kappa shape index (κ2) is 5.06. The Balaban J connectivity index is 2.55. The molecular formula is C14H9Cl2F3. The van der Waals surface area contributed by atoms with Crippen molar-refractivity contribution in [3.63, 3.8) is 0 Å². The van der Waals surface area contributed by atoms with E-state index in [2.05, 4.69) is 0 Å². The Morgan fingerprint density at radius 3 is 2.16 bits per heavy atom. The zero-order valence-electron chi connectivity index (χ0n) is 9.85. The van der Waals surface area contributed by atoms with Gasteiger partial charge in [-0.25, -0.2) is 0 Å². The van der Waals surface area contributed by atoms with Crippen molar-refractivity contribution >= 4 is 23.2 Å². The van der Waals surface area contributed by atoms with Gasteiger partial charge in [0.1, 0.15) is 0 Å². The topological polar surface area (TPSA) is 0 Å². The maximum atomic E-state index is 12.6. The van der Waals surface area contributed by atoms with Gasteiger partial charge in [-0.3, -0.25) is 0 Å². The van der Waals surface area contributed by atoms with Gasteiger partial charge >= 0.3 is 6.18 Å². The number of alkyl halides is 3. The van der Waals surface area contributed by atoms with Crippen molar-refractivity contribution in [2.75, 3.05) is 0 Å². The van der Waals surface area contributed by atoms with Gasteiger partial charge in [0.15, 0.2) is 0 Å². The first-order valence-corrected chi connectivity index (χ1v) is 6.18. The molecule has 0 aliphatic heterocycles. The highest BCUT2D eigenvalue weighted by Gasteiger charge is 2.30. The van der Waals surface area contributed by atoms with Gasteiger partial charge < -0.3 is 0 Å². The zero-order valence-corrected chi connectivity index (χ0v) is 11.4. The van der Waals surface area contributed by atoms with Crippen LogP contribution in [-0.4, -0.2) is 0 Å². The summed E-state index contributed by atoms with van der Waals surface area (Å²) in [5.41, 5.74) is 1.09. The van der Waals surface area contributed by atoms with Crippen molar-refractivity contribution in [1.29, 1.82) is 0 Å². The van der Waals surface area contributed by atoms with Gasteiger partial charge in [0.25, 0.3) is 0 Å². The maximum Gasteiger partial charge on any atom is 0.416 e. The van der Waals surface area contributed by atoms with Gasteiger partial charge in [0, 0.05) is 15.6 Å². The van der Waals surface area contributed by atoms with Gasteiger partial charge in [0.2, 0.25) is 0 Å². The highest BCUT2D eigenvalue weighted by Crippen LogP contribution is 2.36. The van der Waals surface area contributed by atoms with Crippen molar-refractivity contribution in [1.82, 2.24) is 0 Å². The number of aryl methyl sites for hydroxylation is 1. The van der Waals surface area contributed by atoms with Crippen LogP contribution in [0.25, 0.3) is 11.1 Å². The average molecular weight is 305 g/mol. The van der Waals surface area contributed by atoms with Crippen LogP contribution in [0.5, 0.6) is 0 Å². The molecule has 2 aromatic carbocycles. The molecule has 0 aliphatic rings.